The van der Waals surface area contributed by atoms with Crippen molar-refractivity contribution < 1.29 is 8.42 Å². The lowest BCUT2D eigenvalue weighted by Crippen LogP contribution is -2.32. The van der Waals surface area contributed by atoms with E-state index in [2.05, 4.69) is 46.9 Å². The molecule has 2 aliphatic rings. The molecule has 152 valence electrons. The van der Waals surface area contributed by atoms with Crippen molar-refractivity contribution in [2.45, 2.75) is 37.5 Å². The molecule has 1 saturated heterocycles. The Balaban J connectivity index is 1.78. The summed E-state index contributed by atoms with van der Waals surface area (Å²) in [5.41, 5.74) is 3.39. The predicted molar refractivity (Wildman–Crippen MR) is 127 cm³/mol. The van der Waals surface area contributed by atoms with Crippen molar-refractivity contribution in [2.24, 2.45) is 5.41 Å². The van der Waals surface area contributed by atoms with Gasteiger partial charge in [0, 0.05) is 22.1 Å². The molecule has 3 nitrogen and oxygen atoms in total. The Morgan fingerprint density at radius 3 is 2.48 bits per heavy atom. The van der Waals surface area contributed by atoms with Crippen molar-refractivity contribution in [1.29, 1.82) is 0 Å². The largest absolute Gasteiger partial charge is 0.243 e. The van der Waals surface area contributed by atoms with Gasteiger partial charge in [-0.1, -0.05) is 60.2 Å². The summed E-state index contributed by atoms with van der Waals surface area (Å²) in [4.78, 5) is 0.387. The van der Waals surface area contributed by atoms with E-state index >= 15 is 0 Å². The van der Waals surface area contributed by atoms with Crippen LogP contribution in [0.1, 0.15) is 36.8 Å². The van der Waals surface area contributed by atoms with Gasteiger partial charge in [0.15, 0.2) is 0 Å². The lowest BCUT2D eigenvalue weighted by Gasteiger charge is -2.30. The van der Waals surface area contributed by atoms with Crippen LogP contribution in [0.3, 0.4) is 0 Å². The van der Waals surface area contributed by atoms with Crippen LogP contribution in [0.25, 0.3) is 3.58 Å². The topological polar surface area (TPSA) is 37.4 Å². The molecule has 1 aliphatic heterocycles. The minimum atomic E-state index is -3.52. The SMILES string of the molecule is Cc1ccc(S(=O)(=O)N2C/C(=C(\I)c3ccccc3)[C@]3(CC=CCCC3)C2)cc1. The highest BCUT2D eigenvalue weighted by molar-refractivity contribution is 14.1. The maximum Gasteiger partial charge on any atom is 0.243 e. The molecule has 0 amide bonds. The van der Waals surface area contributed by atoms with Gasteiger partial charge in [0.25, 0.3) is 0 Å². The molecule has 1 atom stereocenters. The maximum atomic E-state index is 13.4. The van der Waals surface area contributed by atoms with E-state index in [4.69, 9.17) is 0 Å². The van der Waals surface area contributed by atoms with Gasteiger partial charge in [-0.05, 0) is 78.5 Å². The fraction of sp³-hybridized carbons (Fsp3) is 0.333. The summed E-state index contributed by atoms with van der Waals surface area (Å²) in [5, 5.41) is 0. The van der Waals surface area contributed by atoms with Crippen LogP contribution in [0.4, 0.5) is 0 Å². The lowest BCUT2D eigenvalue weighted by atomic mass is 9.76. The molecule has 1 fully saturated rings. The standard InChI is InChI=1S/C24H26INO2S/c1-19-11-13-21(14-12-19)29(27,28)26-17-22(23(25)20-9-5-4-6-10-20)24(18-26)15-7-2-3-8-16-24/h2,4-7,9-14H,3,8,15-18H2,1H3/b23-22+/t24-/m0/s1. The van der Waals surface area contributed by atoms with Gasteiger partial charge in [0.2, 0.25) is 10.0 Å². The molecule has 0 aromatic heterocycles. The van der Waals surface area contributed by atoms with E-state index in [1.54, 1.807) is 16.4 Å². The van der Waals surface area contributed by atoms with Gasteiger partial charge in [-0.25, -0.2) is 8.42 Å². The van der Waals surface area contributed by atoms with Crippen LogP contribution in [0.5, 0.6) is 0 Å². The van der Waals surface area contributed by atoms with Gasteiger partial charge in [-0.3, -0.25) is 0 Å². The molecule has 4 rings (SSSR count). The molecular formula is C24H26INO2S. The average Bonchev–Trinajstić information content (AvgIpc) is 2.94. The monoisotopic (exact) mass is 519 g/mol. The first-order valence-corrected chi connectivity index (χ1v) is 12.6. The summed E-state index contributed by atoms with van der Waals surface area (Å²) < 4.78 is 29.8. The van der Waals surface area contributed by atoms with Crippen LogP contribution in [0.2, 0.25) is 0 Å². The second-order valence-electron chi connectivity index (χ2n) is 8.09. The average molecular weight is 519 g/mol. The molecule has 0 unspecified atom stereocenters. The number of sulfonamides is 1. The molecule has 2 aromatic rings. The zero-order valence-corrected chi connectivity index (χ0v) is 19.6. The number of allylic oxidation sites excluding steroid dienone is 2. The highest BCUT2D eigenvalue weighted by atomic mass is 127. The maximum absolute atomic E-state index is 13.4. The Kier molecular flexibility index (Phi) is 6.00. The van der Waals surface area contributed by atoms with Gasteiger partial charge in [-0.2, -0.15) is 4.31 Å². The number of benzene rings is 2. The van der Waals surface area contributed by atoms with E-state index in [9.17, 15) is 8.42 Å². The first-order valence-electron chi connectivity index (χ1n) is 10.1. The van der Waals surface area contributed by atoms with E-state index < -0.39 is 10.0 Å². The second kappa shape index (κ2) is 8.36. The van der Waals surface area contributed by atoms with Crippen molar-refractivity contribution >= 4 is 36.2 Å². The molecule has 29 heavy (non-hydrogen) atoms. The zero-order valence-electron chi connectivity index (χ0n) is 16.6. The third kappa shape index (κ3) is 4.09. The predicted octanol–water partition coefficient (Wildman–Crippen LogP) is 5.96. The minimum Gasteiger partial charge on any atom is -0.207 e. The molecule has 1 spiro atoms. The number of hydrogen-bond donors (Lipinski definition) is 0. The van der Waals surface area contributed by atoms with Crippen molar-refractivity contribution in [3.05, 3.63) is 83.4 Å². The van der Waals surface area contributed by atoms with E-state index in [1.807, 2.05) is 37.3 Å². The summed E-state index contributed by atoms with van der Waals surface area (Å²) in [5.74, 6) is 0. The Hall–Kier alpha value is -1.44. The van der Waals surface area contributed by atoms with Gasteiger partial charge in [0.1, 0.15) is 0 Å². The highest BCUT2D eigenvalue weighted by Gasteiger charge is 2.47. The molecule has 0 radical (unpaired) electrons. The quantitative estimate of drug-likeness (QED) is 0.371. The number of halogens is 1. The lowest BCUT2D eigenvalue weighted by molar-refractivity contribution is 0.322. The van der Waals surface area contributed by atoms with Crippen molar-refractivity contribution in [1.82, 2.24) is 4.31 Å². The summed E-state index contributed by atoms with van der Waals surface area (Å²) in [7, 11) is -3.52. The first-order chi connectivity index (χ1) is 13.9. The van der Waals surface area contributed by atoms with Crippen molar-refractivity contribution in [2.75, 3.05) is 13.1 Å². The summed E-state index contributed by atoms with van der Waals surface area (Å²) in [6, 6.07) is 17.6. The molecular weight excluding hydrogens is 493 g/mol. The number of nitrogens with zero attached hydrogens (tertiary/aromatic N) is 1. The Labute approximate surface area is 187 Å². The molecule has 0 N–H and O–H groups in total. The van der Waals surface area contributed by atoms with Crippen LogP contribution >= 0.6 is 22.6 Å². The normalized spacial score (nSPS) is 24.6. The molecule has 0 saturated carbocycles. The van der Waals surface area contributed by atoms with Gasteiger partial charge >= 0.3 is 0 Å². The van der Waals surface area contributed by atoms with E-state index in [0.29, 0.717) is 18.0 Å². The third-order valence-electron chi connectivity index (χ3n) is 6.11. The van der Waals surface area contributed by atoms with Crippen LogP contribution in [-0.4, -0.2) is 25.8 Å². The van der Waals surface area contributed by atoms with Crippen LogP contribution in [0.15, 0.2) is 77.2 Å². The number of hydrogen-bond acceptors (Lipinski definition) is 2. The van der Waals surface area contributed by atoms with E-state index in [0.717, 1.165) is 31.2 Å². The molecule has 1 heterocycles. The van der Waals surface area contributed by atoms with Crippen LogP contribution < -0.4 is 0 Å². The van der Waals surface area contributed by atoms with E-state index in [-0.39, 0.29) is 5.41 Å². The minimum absolute atomic E-state index is 0.114. The summed E-state index contributed by atoms with van der Waals surface area (Å²) in [6.45, 7) is 3.00. The number of aryl methyl sites for hydroxylation is 1. The zero-order chi connectivity index (χ0) is 20.5. The van der Waals surface area contributed by atoms with Crippen molar-refractivity contribution in [3.63, 3.8) is 0 Å². The Bertz CT molecular complexity index is 1040. The van der Waals surface area contributed by atoms with E-state index in [1.165, 1.54) is 14.7 Å². The Morgan fingerprint density at radius 2 is 1.76 bits per heavy atom. The molecule has 2 aromatic carbocycles. The number of rotatable bonds is 3. The smallest absolute Gasteiger partial charge is 0.207 e. The fourth-order valence-corrected chi connectivity index (χ4v) is 7.02. The van der Waals surface area contributed by atoms with Gasteiger partial charge in [0.05, 0.1) is 4.90 Å². The second-order valence-corrected chi connectivity index (χ2v) is 11.1. The third-order valence-corrected chi connectivity index (χ3v) is 9.19. The summed E-state index contributed by atoms with van der Waals surface area (Å²) in [6.07, 6.45) is 8.59. The molecule has 0 bridgehead atoms. The molecule has 1 aliphatic carbocycles. The first kappa shape index (κ1) is 20.8. The van der Waals surface area contributed by atoms with Crippen molar-refractivity contribution in [3.8, 4) is 0 Å². The van der Waals surface area contributed by atoms with Gasteiger partial charge in [-0.15, -0.1) is 0 Å². The fourth-order valence-electron chi connectivity index (χ4n) is 4.43. The van der Waals surface area contributed by atoms with Gasteiger partial charge < -0.3 is 0 Å². The molecule has 5 heteroatoms. The summed E-state index contributed by atoms with van der Waals surface area (Å²) >= 11 is 2.43. The van der Waals surface area contributed by atoms with Crippen LogP contribution in [-0.2, 0) is 10.0 Å². The highest BCUT2D eigenvalue weighted by Crippen LogP contribution is 2.50. The van der Waals surface area contributed by atoms with Crippen LogP contribution in [0, 0.1) is 12.3 Å². The Morgan fingerprint density at radius 1 is 1.03 bits per heavy atom.